The van der Waals surface area contributed by atoms with E-state index in [-0.39, 0.29) is 0 Å². The van der Waals surface area contributed by atoms with Gasteiger partial charge in [0.05, 0.1) is 12.5 Å². The van der Waals surface area contributed by atoms with Crippen LogP contribution >= 0.6 is 0 Å². The fourth-order valence-corrected chi connectivity index (χ4v) is 1.40. The first kappa shape index (κ1) is 9.84. The third-order valence-electron chi connectivity index (χ3n) is 2.29. The number of rotatable bonds is 4. The van der Waals surface area contributed by atoms with Crippen molar-refractivity contribution in [1.82, 2.24) is 0 Å². The minimum atomic E-state index is 0.559. The van der Waals surface area contributed by atoms with Crippen molar-refractivity contribution in [2.45, 2.75) is 20.0 Å². The van der Waals surface area contributed by atoms with Crippen LogP contribution in [0.15, 0.2) is 47.3 Å². The van der Waals surface area contributed by atoms with Gasteiger partial charge in [-0.3, -0.25) is 0 Å². The molecule has 0 fully saturated rings. The van der Waals surface area contributed by atoms with Crippen LogP contribution in [-0.4, -0.2) is 0 Å². The Morgan fingerprint density at radius 1 is 1.20 bits per heavy atom. The fraction of sp³-hybridized carbons (Fsp3) is 0.231. The van der Waals surface area contributed by atoms with Crippen molar-refractivity contribution in [3.8, 4) is 5.75 Å². The van der Waals surface area contributed by atoms with Gasteiger partial charge in [0.25, 0.3) is 0 Å². The largest absolute Gasteiger partial charge is 0.489 e. The molecule has 0 saturated carbocycles. The van der Waals surface area contributed by atoms with Gasteiger partial charge in [-0.2, -0.15) is 0 Å². The number of hydrogen-bond donors (Lipinski definition) is 0. The monoisotopic (exact) mass is 202 g/mol. The van der Waals surface area contributed by atoms with Gasteiger partial charge in [-0.1, -0.05) is 19.1 Å². The number of aryl methyl sites for hydroxylation is 1. The van der Waals surface area contributed by atoms with Crippen molar-refractivity contribution in [3.05, 3.63) is 54.0 Å². The second-order valence-corrected chi connectivity index (χ2v) is 3.42. The van der Waals surface area contributed by atoms with Crippen LogP contribution in [0, 0.1) is 0 Å². The van der Waals surface area contributed by atoms with Gasteiger partial charge >= 0.3 is 0 Å². The Kier molecular flexibility index (Phi) is 3.08. The summed E-state index contributed by atoms with van der Waals surface area (Å²) in [6, 6.07) is 10.1. The van der Waals surface area contributed by atoms with Crippen LogP contribution in [0.4, 0.5) is 0 Å². The van der Waals surface area contributed by atoms with E-state index in [1.807, 2.05) is 18.2 Å². The van der Waals surface area contributed by atoms with E-state index >= 15 is 0 Å². The van der Waals surface area contributed by atoms with Crippen LogP contribution in [-0.2, 0) is 13.0 Å². The Morgan fingerprint density at radius 2 is 2.13 bits per heavy atom. The lowest BCUT2D eigenvalue weighted by Gasteiger charge is -2.05. The van der Waals surface area contributed by atoms with E-state index in [1.54, 1.807) is 12.5 Å². The third kappa shape index (κ3) is 2.62. The highest BCUT2D eigenvalue weighted by Gasteiger charge is 1.97. The molecule has 0 radical (unpaired) electrons. The van der Waals surface area contributed by atoms with Gasteiger partial charge in [-0.05, 0) is 30.2 Å². The maximum absolute atomic E-state index is 5.63. The molecule has 1 aromatic carbocycles. The van der Waals surface area contributed by atoms with E-state index in [2.05, 4.69) is 19.1 Å². The van der Waals surface area contributed by atoms with Crippen molar-refractivity contribution < 1.29 is 9.15 Å². The van der Waals surface area contributed by atoms with Crippen LogP contribution in [0.25, 0.3) is 0 Å². The molecule has 2 heteroatoms. The molecule has 2 aromatic rings. The van der Waals surface area contributed by atoms with Crippen molar-refractivity contribution in [2.24, 2.45) is 0 Å². The summed E-state index contributed by atoms with van der Waals surface area (Å²) < 4.78 is 10.6. The predicted molar refractivity (Wildman–Crippen MR) is 58.9 cm³/mol. The van der Waals surface area contributed by atoms with Gasteiger partial charge in [-0.25, -0.2) is 0 Å². The molecule has 0 unspecified atom stereocenters. The molecule has 1 aromatic heterocycles. The molecular formula is C13H14O2. The summed E-state index contributed by atoms with van der Waals surface area (Å²) in [6.45, 7) is 2.69. The number of ether oxygens (including phenoxy) is 1. The van der Waals surface area contributed by atoms with Gasteiger partial charge in [0, 0.05) is 5.56 Å². The standard InChI is InChI=1S/C13H14O2/c1-2-11-4-3-5-13(8-11)15-10-12-6-7-14-9-12/h3-9H,2,10H2,1H3. The van der Waals surface area contributed by atoms with Gasteiger partial charge in [-0.15, -0.1) is 0 Å². The van der Waals surface area contributed by atoms with Crippen molar-refractivity contribution in [1.29, 1.82) is 0 Å². The molecule has 2 rings (SSSR count). The molecule has 0 atom stereocenters. The fourth-order valence-electron chi connectivity index (χ4n) is 1.40. The quantitative estimate of drug-likeness (QED) is 0.758. The van der Waals surface area contributed by atoms with Crippen LogP contribution in [0.1, 0.15) is 18.1 Å². The van der Waals surface area contributed by atoms with E-state index in [0.717, 1.165) is 17.7 Å². The van der Waals surface area contributed by atoms with Crippen LogP contribution < -0.4 is 4.74 Å². The summed E-state index contributed by atoms with van der Waals surface area (Å²) in [7, 11) is 0. The number of hydrogen-bond acceptors (Lipinski definition) is 2. The molecular weight excluding hydrogens is 188 g/mol. The summed E-state index contributed by atoms with van der Waals surface area (Å²) in [6.07, 6.45) is 4.38. The zero-order chi connectivity index (χ0) is 10.5. The predicted octanol–water partition coefficient (Wildman–Crippen LogP) is 3.42. The van der Waals surface area contributed by atoms with Gasteiger partial charge in [0.2, 0.25) is 0 Å². The van der Waals surface area contributed by atoms with E-state index < -0.39 is 0 Å². The smallest absolute Gasteiger partial charge is 0.120 e. The van der Waals surface area contributed by atoms with Crippen LogP contribution in [0.2, 0.25) is 0 Å². The summed E-state index contributed by atoms with van der Waals surface area (Å²) in [5, 5.41) is 0. The summed E-state index contributed by atoms with van der Waals surface area (Å²) in [5.41, 5.74) is 2.34. The van der Waals surface area contributed by atoms with Crippen LogP contribution in [0.5, 0.6) is 5.75 Å². The highest BCUT2D eigenvalue weighted by molar-refractivity contribution is 5.28. The molecule has 0 saturated heterocycles. The molecule has 0 amide bonds. The molecule has 0 spiro atoms. The second-order valence-electron chi connectivity index (χ2n) is 3.42. The number of furan rings is 1. The Morgan fingerprint density at radius 3 is 2.87 bits per heavy atom. The Hall–Kier alpha value is -1.70. The second kappa shape index (κ2) is 4.69. The van der Waals surface area contributed by atoms with Crippen LogP contribution in [0.3, 0.4) is 0 Å². The normalized spacial score (nSPS) is 10.2. The minimum Gasteiger partial charge on any atom is -0.489 e. The topological polar surface area (TPSA) is 22.4 Å². The van der Waals surface area contributed by atoms with E-state index in [0.29, 0.717) is 6.61 Å². The highest BCUT2D eigenvalue weighted by atomic mass is 16.5. The molecule has 1 heterocycles. The SMILES string of the molecule is CCc1cccc(OCc2ccoc2)c1. The molecule has 15 heavy (non-hydrogen) atoms. The van der Waals surface area contributed by atoms with E-state index in [4.69, 9.17) is 9.15 Å². The van der Waals surface area contributed by atoms with Gasteiger partial charge in [0.15, 0.2) is 0 Å². The first-order valence-corrected chi connectivity index (χ1v) is 5.11. The van der Waals surface area contributed by atoms with Crippen molar-refractivity contribution >= 4 is 0 Å². The minimum absolute atomic E-state index is 0.559. The lowest BCUT2D eigenvalue weighted by Crippen LogP contribution is -1.94. The average Bonchev–Trinajstić information content (AvgIpc) is 2.79. The molecule has 78 valence electrons. The molecule has 0 aliphatic heterocycles. The average molecular weight is 202 g/mol. The Labute approximate surface area is 89.5 Å². The maximum atomic E-state index is 5.63. The summed E-state index contributed by atoms with van der Waals surface area (Å²) in [4.78, 5) is 0. The summed E-state index contributed by atoms with van der Waals surface area (Å²) in [5.74, 6) is 0.913. The van der Waals surface area contributed by atoms with Gasteiger partial charge in [0.1, 0.15) is 12.4 Å². The lowest BCUT2D eigenvalue weighted by molar-refractivity contribution is 0.304. The Balaban J connectivity index is 1.98. The molecule has 0 bridgehead atoms. The molecule has 0 aliphatic carbocycles. The van der Waals surface area contributed by atoms with E-state index in [1.165, 1.54) is 5.56 Å². The molecule has 0 N–H and O–H groups in total. The summed E-state index contributed by atoms with van der Waals surface area (Å²) >= 11 is 0. The third-order valence-corrected chi connectivity index (χ3v) is 2.29. The van der Waals surface area contributed by atoms with Crippen molar-refractivity contribution in [2.75, 3.05) is 0 Å². The first-order valence-electron chi connectivity index (χ1n) is 5.11. The number of benzene rings is 1. The Bertz CT molecular complexity index is 404. The van der Waals surface area contributed by atoms with Gasteiger partial charge < -0.3 is 9.15 Å². The highest BCUT2D eigenvalue weighted by Crippen LogP contribution is 2.15. The van der Waals surface area contributed by atoms with E-state index in [9.17, 15) is 0 Å². The molecule has 0 aliphatic rings. The first-order chi connectivity index (χ1) is 7.38. The lowest BCUT2D eigenvalue weighted by atomic mass is 10.2. The zero-order valence-electron chi connectivity index (χ0n) is 8.77. The zero-order valence-corrected chi connectivity index (χ0v) is 8.77. The molecule has 2 nitrogen and oxygen atoms in total. The maximum Gasteiger partial charge on any atom is 0.120 e. The van der Waals surface area contributed by atoms with Crippen molar-refractivity contribution in [3.63, 3.8) is 0 Å².